The molecule has 0 bridgehead atoms. The Morgan fingerprint density at radius 2 is 0.745 bits per heavy atom. The van der Waals surface area contributed by atoms with Crippen LogP contribution in [0.5, 0.6) is 0 Å². The fourth-order valence-electron chi connectivity index (χ4n) is 7.19. The average Bonchev–Trinajstić information content (AvgIpc) is 3.42. The molecule has 0 saturated carbocycles. The molecule has 0 aliphatic rings. The van der Waals surface area contributed by atoms with Crippen LogP contribution in [0.3, 0.4) is 0 Å². The van der Waals surface area contributed by atoms with Gasteiger partial charge in [0.1, 0.15) is 0 Å². The van der Waals surface area contributed by atoms with Crippen LogP contribution in [0.4, 0.5) is 0 Å². The number of aryl methyl sites for hydroxylation is 4. The molecular formula is C46H37N. The molecule has 1 heteroatoms. The molecule has 0 spiro atoms. The van der Waals surface area contributed by atoms with E-state index >= 15 is 0 Å². The van der Waals surface area contributed by atoms with Gasteiger partial charge in [-0.2, -0.15) is 0 Å². The average molecular weight is 604 g/mol. The summed E-state index contributed by atoms with van der Waals surface area (Å²) >= 11 is 0. The van der Waals surface area contributed by atoms with Crippen LogP contribution in [0, 0.1) is 27.7 Å². The molecule has 1 heterocycles. The molecule has 8 rings (SSSR count). The second-order valence-corrected chi connectivity index (χ2v) is 12.9. The highest BCUT2D eigenvalue weighted by Gasteiger charge is 2.15. The Morgan fingerprint density at radius 1 is 0.340 bits per heavy atom. The van der Waals surface area contributed by atoms with Gasteiger partial charge in [-0.1, -0.05) is 139 Å². The smallest absolute Gasteiger partial charge is 0.0547 e. The van der Waals surface area contributed by atoms with E-state index in [1.165, 1.54) is 88.6 Å². The van der Waals surface area contributed by atoms with Crippen molar-refractivity contribution >= 4 is 21.8 Å². The van der Waals surface area contributed by atoms with Gasteiger partial charge in [-0.3, -0.25) is 0 Å². The third-order valence-corrected chi connectivity index (χ3v) is 9.60. The van der Waals surface area contributed by atoms with Gasteiger partial charge in [0.05, 0.1) is 11.0 Å². The normalized spacial score (nSPS) is 11.4. The summed E-state index contributed by atoms with van der Waals surface area (Å²) in [5.41, 5.74) is 18.7. The standard InChI is InChI=1S/C46H37N/c1-30-10-22-41(32(3)26-30)36-16-12-34(13-17-36)38-20-24-43-44-25-21-39(29-46(44)47(45(43)28-38)40-8-6-5-7-9-40)35-14-18-37(19-15-35)42-23-11-31(2)27-33(42)4/h5-29H,1-4H3. The minimum absolute atomic E-state index is 1.16. The highest BCUT2D eigenvalue weighted by molar-refractivity contribution is 6.11. The molecule has 0 aliphatic carbocycles. The molecule has 0 aliphatic heterocycles. The Balaban J connectivity index is 1.22. The Hall–Kier alpha value is -5.66. The predicted molar refractivity (Wildman–Crippen MR) is 201 cm³/mol. The summed E-state index contributed by atoms with van der Waals surface area (Å²) in [6.45, 7) is 8.69. The first-order valence-corrected chi connectivity index (χ1v) is 16.4. The van der Waals surface area contributed by atoms with Crippen molar-refractivity contribution in [1.29, 1.82) is 0 Å². The van der Waals surface area contributed by atoms with E-state index in [1.807, 2.05) is 0 Å². The van der Waals surface area contributed by atoms with Crippen LogP contribution in [-0.2, 0) is 0 Å². The van der Waals surface area contributed by atoms with Crippen molar-refractivity contribution in [2.75, 3.05) is 0 Å². The number of rotatable bonds is 5. The lowest BCUT2D eigenvalue weighted by atomic mass is 9.96. The fraction of sp³-hybridized carbons (Fsp3) is 0.0870. The van der Waals surface area contributed by atoms with Gasteiger partial charge in [0, 0.05) is 16.5 Å². The van der Waals surface area contributed by atoms with Gasteiger partial charge < -0.3 is 4.57 Å². The van der Waals surface area contributed by atoms with Gasteiger partial charge in [-0.05, 0) is 108 Å². The maximum Gasteiger partial charge on any atom is 0.0547 e. The van der Waals surface area contributed by atoms with Gasteiger partial charge in [0.15, 0.2) is 0 Å². The highest BCUT2D eigenvalue weighted by Crippen LogP contribution is 2.38. The molecule has 1 nitrogen and oxygen atoms in total. The van der Waals surface area contributed by atoms with Crippen molar-refractivity contribution in [2.24, 2.45) is 0 Å². The second kappa shape index (κ2) is 11.6. The van der Waals surface area contributed by atoms with Crippen molar-refractivity contribution in [3.63, 3.8) is 0 Å². The van der Waals surface area contributed by atoms with Crippen LogP contribution >= 0.6 is 0 Å². The molecule has 0 N–H and O–H groups in total. The minimum Gasteiger partial charge on any atom is -0.309 e. The van der Waals surface area contributed by atoms with E-state index in [0.717, 1.165) is 5.69 Å². The van der Waals surface area contributed by atoms with Crippen LogP contribution in [0.2, 0.25) is 0 Å². The topological polar surface area (TPSA) is 4.93 Å². The quantitative estimate of drug-likeness (QED) is 0.184. The molecule has 0 unspecified atom stereocenters. The first-order chi connectivity index (χ1) is 22.9. The number of hydrogen-bond acceptors (Lipinski definition) is 0. The molecule has 0 atom stereocenters. The number of fused-ring (bicyclic) bond motifs is 3. The molecule has 226 valence electrons. The molecule has 0 fully saturated rings. The number of para-hydroxylation sites is 1. The summed E-state index contributed by atoms with van der Waals surface area (Å²) < 4.78 is 2.42. The van der Waals surface area contributed by atoms with E-state index in [9.17, 15) is 0 Å². The van der Waals surface area contributed by atoms with Crippen LogP contribution < -0.4 is 0 Å². The number of benzene rings is 7. The molecule has 47 heavy (non-hydrogen) atoms. The van der Waals surface area contributed by atoms with Gasteiger partial charge >= 0.3 is 0 Å². The monoisotopic (exact) mass is 603 g/mol. The van der Waals surface area contributed by atoms with E-state index in [-0.39, 0.29) is 0 Å². The number of nitrogens with zero attached hydrogens (tertiary/aromatic N) is 1. The predicted octanol–water partition coefficient (Wildman–Crippen LogP) is 12.7. The van der Waals surface area contributed by atoms with Gasteiger partial charge in [-0.15, -0.1) is 0 Å². The zero-order valence-corrected chi connectivity index (χ0v) is 27.4. The molecular weight excluding hydrogens is 567 g/mol. The largest absolute Gasteiger partial charge is 0.309 e. The third-order valence-electron chi connectivity index (χ3n) is 9.60. The fourth-order valence-corrected chi connectivity index (χ4v) is 7.19. The third kappa shape index (κ3) is 5.24. The van der Waals surface area contributed by atoms with Crippen LogP contribution in [0.25, 0.3) is 72.0 Å². The van der Waals surface area contributed by atoms with Crippen LogP contribution in [-0.4, -0.2) is 4.57 Å². The Morgan fingerprint density at radius 3 is 1.17 bits per heavy atom. The Kier molecular flexibility index (Phi) is 7.11. The molecule has 0 amide bonds. The van der Waals surface area contributed by atoms with E-state index in [1.54, 1.807) is 0 Å². The highest BCUT2D eigenvalue weighted by atomic mass is 15.0. The van der Waals surface area contributed by atoms with E-state index in [0.29, 0.717) is 0 Å². The maximum atomic E-state index is 2.42. The van der Waals surface area contributed by atoms with Crippen molar-refractivity contribution in [2.45, 2.75) is 27.7 Å². The summed E-state index contributed by atoms with van der Waals surface area (Å²) in [6, 6.07) is 56.0. The SMILES string of the molecule is Cc1ccc(-c2ccc(-c3ccc4c5ccc(-c6ccc(-c7ccc(C)cc7C)cc6)cc5n(-c5ccccc5)c4c3)cc2)c(C)c1. The first-order valence-electron chi connectivity index (χ1n) is 16.4. The Bertz CT molecular complexity index is 2250. The van der Waals surface area contributed by atoms with Crippen LogP contribution in [0.15, 0.2) is 152 Å². The van der Waals surface area contributed by atoms with Crippen molar-refractivity contribution in [3.05, 3.63) is 174 Å². The zero-order valence-electron chi connectivity index (χ0n) is 27.4. The lowest BCUT2D eigenvalue weighted by molar-refractivity contribution is 1.18. The zero-order chi connectivity index (χ0) is 32.1. The summed E-state index contributed by atoms with van der Waals surface area (Å²) in [5, 5.41) is 2.52. The van der Waals surface area contributed by atoms with Crippen molar-refractivity contribution < 1.29 is 0 Å². The molecule has 8 aromatic rings. The molecule has 0 radical (unpaired) electrons. The van der Waals surface area contributed by atoms with Crippen LogP contribution in [0.1, 0.15) is 22.3 Å². The number of aromatic nitrogens is 1. The summed E-state index contributed by atoms with van der Waals surface area (Å²) in [7, 11) is 0. The van der Waals surface area contributed by atoms with Gasteiger partial charge in [0.2, 0.25) is 0 Å². The lowest BCUT2D eigenvalue weighted by Gasteiger charge is -2.11. The molecule has 7 aromatic carbocycles. The minimum atomic E-state index is 1.16. The summed E-state index contributed by atoms with van der Waals surface area (Å²) in [6.07, 6.45) is 0. The number of hydrogen-bond donors (Lipinski definition) is 0. The summed E-state index contributed by atoms with van der Waals surface area (Å²) in [5.74, 6) is 0. The van der Waals surface area contributed by atoms with E-state index in [4.69, 9.17) is 0 Å². The van der Waals surface area contributed by atoms with Gasteiger partial charge in [0.25, 0.3) is 0 Å². The molecule has 0 saturated heterocycles. The molecule has 1 aromatic heterocycles. The van der Waals surface area contributed by atoms with Gasteiger partial charge in [-0.25, -0.2) is 0 Å². The lowest BCUT2D eigenvalue weighted by Crippen LogP contribution is -1.94. The Labute approximate surface area is 277 Å². The maximum absolute atomic E-state index is 2.42. The van der Waals surface area contributed by atoms with E-state index in [2.05, 4.69) is 184 Å². The van der Waals surface area contributed by atoms with Crippen molar-refractivity contribution in [3.8, 4) is 50.2 Å². The second-order valence-electron chi connectivity index (χ2n) is 12.9. The summed E-state index contributed by atoms with van der Waals surface area (Å²) in [4.78, 5) is 0. The van der Waals surface area contributed by atoms with Crippen molar-refractivity contribution in [1.82, 2.24) is 4.57 Å². The van der Waals surface area contributed by atoms with E-state index < -0.39 is 0 Å². The first kappa shape index (κ1) is 28.8.